The standard InChI is InChI=1S/C17H23NO/c1-11-7-9-14-13-6-4-3-5-12(13)8-10-15(14)17(11,2)16(18)19/h3-6,11,14-15H,7-10H2,1-2H3,(H2,18,19). The summed E-state index contributed by atoms with van der Waals surface area (Å²) < 4.78 is 0. The Hall–Kier alpha value is -1.31. The quantitative estimate of drug-likeness (QED) is 0.824. The molecule has 0 saturated heterocycles. The van der Waals surface area contributed by atoms with Gasteiger partial charge in [0.1, 0.15) is 0 Å². The third kappa shape index (κ3) is 1.73. The van der Waals surface area contributed by atoms with Crippen LogP contribution in [0.5, 0.6) is 0 Å². The molecule has 0 radical (unpaired) electrons. The SMILES string of the molecule is CC1CCC2c3ccccc3CCC2C1(C)C(N)=O. The Labute approximate surface area is 115 Å². The molecule has 4 atom stereocenters. The number of aryl methyl sites for hydroxylation is 1. The third-order valence-corrected chi connectivity index (χ3v) is 5.90. The summed E-state index contributed by atoms with van der Waals surface area (Å²) >= 11 is 0. The lowest BCUT2D eigenvalue weighted by Crippen LogP contribution is -2.51. The first-order chi connectivity index (χ1) is 9.05. The average Bonchev–Trinajstić information content (AvgIpc) is 2.42. The summed E-state index contributed by atoms with van der Waals surface area (Å²) in [6.45, 7) is 4.30. The molecule has 3 rings (SSSR count). The van der Waals surface area contributed by atoms with Crippen LogP contribution in [0.25, 0.3) is 0 Å². The number of rotatable bonds is 1. The number of nitrogens with two attached hydrogens (primary N) is 1. The van der Waals surface area contributed by atoms with Crippen molar-refractivity contribution in [3.8, 4) is 0 Å². The maximum absolute atomic E-state index is 12.1. The Morgan fingerprint density at radius 3 is 2.74 bits per heavy atom. The lowest BCUT2D eigenvalue weighted by Gasteiger charge is -2.50. The molecular formula is C17H23NO. The summed E-state index contributed by atoms with van der Waals surface area (Å²) in [7, 11) is 0. The lowest BCUT2D eigenvalue weighted by molar-refractivity contribution is -0.137. The van der Waals surface area contributed by atoms with Crippen molar-refractivity contribution in [3.05, 3.63) is 35.4 Å². The van der Waals surface area contributed by atoms with Gasteiger partial charge in [0.2, 0.25) is 5.91 Å². The van der Waals surface area contributed by atoms with Crippen molar-refractivity contribution in [3.63, 3.8) is 0 Å². The minimum Gasteiger partial charge on any atom is -0.369 e. The molecule has 0 aromatic heterocycles. The Kier molecular flexibility index (Phi) is 2.92. The zero-order valence-corrected chi connectivity index (χ0v) is 11.9. The second-order valence-electron chi connectivity index (χ2n) is 6.58. The summed E-state index contributed by atoms with van der Waals surface area (Å²) in [6.07, 6.45) is 4.50. The predicted molar refractivity (Wildman–Crippen MR) is 76.7 cm³/mol. The first-order valence-corrected chi connectivity index (χ1v) is 7.43. The molecule has 0 heterocycles. The van der Waals surface area contributed by atoms with E-state index in [0.717, 1.165) is 19.3 Å². The van der Waals surface area contributed by atoms with E-state index >= 15 is 0 Å². The number of fused-ring (bicyclic) bond motifs is 3. The topological polar surface area (TPSA) is 43.1 Å². The molecule has 1 fully saturated rings. The van der Waals surface area contributed by atoms with Gasteiger partial charge in [0.25, 0.3) is 0 Å². The van der Waals surface area contributed by atoms with E-state index < -0.39 is 0 Å². The van der Waals surface area contributed by atoms with Crippen molar-refractivity contribution in [2.75, 3.05) is 0 Å². The molecule has 0 bridgehead atoms. The molecule has 2 N–H and O–H groups in total. The molecule has 2 aliphatic rings. The number of hydrogen-bond donors (Lipinski definition) is 1. The molecule has 2 nitrogen and oxygen atoms in total. The van der Waals surface area contributed by atoms with Crippen molar-refractivity contribution in [2.45, 2.75) is 45.4 Å². The highest BCUT2D eigenvalue weighted by atomic mass is 16.1. The molecule has 19 heavy (non-hydrogen) atoms. The molecule has 1 saturated carbocycles. The third-order valence-electron chi connectivity index (χ3n) is 5.90. The normalized spacial score (nSPS) is 37.3. The van der Waals surface area contributed by atoms with Crippen molar-refractivity contribution >= 4 is 5.91 Å². The number of hydrogen-bond acceptors (Lipinski definition) is 1. The molecular weight excluding hydrogens is 234 g/mol. The molecule has 2 heteroatoms. The predicted octanol–water partition coefficient (Wildman–Crippen LogP) is 3.25. The van der Waals surface area contributed by atoms with Gasteiger partial charge in [-0.15, -0.1) is 0 Å². The number of amides is 1. The van der Waals surface area contributed by atoms with E-state index in [1.807, 2.05) is 0 Å². The minimum atomic E-state index is -0.337. The molecule has 4 unspecified atom stereocenters. The van der Waals surface area contributed by atoms with Gasteiger partial charge in [0.05, 0.1) is 5.41 Å². The van der Waals surface area contributed by atoms with E-state index in [4.69, 9.17) is 5.73 Å². The van der Waals surface area contributed by atoms with Crippen LogP contribution in [0.1, 0.15) is 50.2 Å². The van der Waals surface area contributed by atoms with Crippen LogP contribution in [0, 0.1) is 17.3 Å². The van der Waals surface area contributed by atoms with E-state index in [2.05, 4.69) is 38.1 Å². The second kappa shape index (κ2) is 4.36. The summed E-state index contributed by atoms with van der Waals surface area (Å²) in [6, 6.07) is 8.74. The highest BCUT2D eigenvalue weighted by Crippen LogP contribution is 2.55. The van der Waals surface area contributed by atoms with Crippen molar-refractivity contribution < 1.29 is 4.79 Å². The Bertz CT molecular complexity index is 510. The molecule has 2 aliphatic carbocycles. The van der Waals surface area contributed by atoms with Gasteiger partial charge in [0.15, 0.2) is 0 Å². The van der Waals surface area contributed by atoms with E-state index in [9.17, 15) is 4.79 Å². The molecule has 1 amide bonds. The summed E-state index contributed by atoms with van der Waals surface area (Å²) in [5.41, 5.74) is 8.39. The van der Waals surface area contributed by atoms with Crippen LogP contribution in [-0.4, -0.2) is 5.91 Å². The van der Waals surface area contributed by atoms with E-state index in [1.165, 1.54) is 17.5 Å². The van der Waals surface area contributed by atoms with Gasteiger partial charge in [-0.1, -0.05) is 38.1 Å². The van der Waals surface area contributed by atoms with Crippen LogP contribution in [-0.2, 0) is 11.2 Å². The highest BCUT2D eigenvalue weighted by Gasteiger charge is 2.51. The number of benzene rings is 1. The van der Waals surface area contributed by atoms with Crippen molar-refractivity contribution in [1.82, 2.24) is 0 Å². The fourth-order valence-electron chi connectivity index (χ4n) is 4.45. The molecule has 102 valence electrons. The smallest absolute Gasteiger partial charge is 0.223 e. The fourth-order valence-corrected chi connectivity index (χ4v) is 4.45. The summed E-state index contributed by atoms with van der Waals surface area (Å²) in [5.74, 6) is 1.24. The number of carbonyl (C=O) groups is 1. The first kappa shape index (κ1) is 12.7. The summed E-state index contributed by atoms with van der Waals surface area (Å²) in [5, 5.41) is 0. The van der Waals surface area contributed by atoms with Gasteiger partial charge in [-0.2, -0.15) is 0 Å². The van der Waals surface area contributed by atoms with E-state index in [1.54, 1.807) is 0 Å². The van der Waals surface area contributed by atoms with Crippen LogP contribution >= 0.6 is 0 Å². The number of carbonyl (C=O) groups excluding carboxylic acids is 1. The van der Waals surface area contributed by atoms with Crippen LogP contribution < -0.4 is 5.73 Å². The first-order valence-electron chi connectivity index (χ1n) is 7.43. The average molecular weight is 257 g/mol. The molecule has 1 aromatic carbocycles. The highest BCUT2D eigenvalue weighted by molar-refractivity contribution is 5.81. The zero-order chi connectivity index (χ0) is 13.6. The van der Waals surface area contributed by atoms with Crippen LogP contribution in [0.4, 0.5) is 0 Å². The van der Waals surface area contributed by atoms with Gasteiger partial charge in [0, 0.05) is 0 Å². The van der Waals surface area contributed by atoms with Gasteiger partial charge in [-0.05, 0) is 54.6 Å². The minimum absolute atomic E-state index is 0.103. The number of primary amides is 1. The maximum atomic E-state index is 12.1. The summed E-state index contributed by atoms with van der Waals surface area (Å²) in [4.78, 5) is 12.1. The van der Waals surface area contributed by atoms with Gasteiger partial charge in [-0.3, -0.25) is 4.79 Å². The molecule has 0 spiro atoms. The fraction of sp³-hybridized carbons (Fsp3) is 0.588. The van der Waals surface area contributed by atoms with Gasteiger partial charge in [-0.25, -0.2) is 0 Å². The van der Waals surface area contributed by atoms with Crippen molar-refractivity contribution in [1.29, 1.82) is 0 Å². The second-order valence-corrected chi connectivity index (χ2v) is 6.58. The Morgan fingerprint density at radius 2 is 2.00 bits per heavy atom. The van der Waals surface area contributed by atoms with Gasteiger partial charge < -0.3 is 5.73 Å². The van der Waals surface area contributed by atoms with Gasteiger partial charge >= 0.3 is 0 Å². The van der Waals surface area contributed by atoms with E-state index in [-0.39, 0.29) is 11.3 Å². The maximum Gasteiger partial charge on any atom is 0.223 e. The van der Waals surface area contributed by atoms with E-state index in [0.29, 0.717) is 17.8 Å². The Balaban J connectivity index is 2.04. The largest absolute Gasteiger partial charge is 0.369 e. The van der Waals surface area contributed by atoms with Crippen LogP contribution in [0.3, 0.4) is 0 Å². The van der Waals surface area contributed by atoms with Crippen molar-refractivity contribution in [2.24, 2.45) is 23.0 Å². The zero-order valence-electron chi connectivity index (χ0n) is 11.9. The molecule has 0 aliphatic heterocycles. The lowest BCUT2D eigenvalue weighted by atomic mass is 9.53. The van der Waals surface area contributed by atoms with Crippen LogP contribution in [0.15, 0.2) is 24.3 Å². The monoisotopic (exact) mass is 257 g/mol. The van der Waals surface area contributed by atoms with Crippen LogP contribution in [0.2, 0.25) is 0 Å². The molecule has 1 aromatic rings. The Morgan fingerprint density at radius 1 is 1.26 bits per heavy atom.